The van der Waals surface area contributed by atoms with E-state index in [1.807, 2.05) is 37.4 Å². The lowest BCUT2D eigenvalue weighted by atomic mass is 10.0. The van der Waals surface area contributed by atoms with Gasteiger partial charge in [0.25, 0.3) is 0 Å². The summed E-state index contributed by atoms with van der Waals surface area (Å²) in [6.45, 7) is 0.684. The minimum Gasteiger partial charge on any atom is -0.373 e. The Morgan fingerprint density at radius 3 is 2.71 bits per heavy atom. The van der Waals surface area contributed by atoms with Gasteiger partial charge in [0.05, 0.1) is 54.9 Å². The molecule has 2 unspecified atom stereocenters. The summed E-state index contributed by atoms with van der Waals surface area (Å²) in [4.78, 5) is 8.68. The van der Waals surface area contributed by atoms with Gasteiger partial charge >= 0.3 is 0 Å². The number of nitrogens with one attached hydrogen (secondary N) is 2. The Bertz CT molecular complexity index is 1260. The van der Waals surface area contributed by atoms with Crippen molar-refractivity contribution in [3.63, 3.8) is 0 Å². The van der Waals surface area contributed by atoms with E-state index in [4.69, 9.17) is 21.1 Å². The van der Waals surface area contributed by atoms with E-state index in [1.54, 1.807) is 17.1 Å². The zero-order chi connectivity index (χ0) is 23.7. The highest BCUT2D eigenvalue weighted by Gasteiger charge is 2.49. The van der Waals surface area contributed by atoms with E-state index in [0.29, 0.717) is 30.0 Å². The van der Waals surface area contributed by atoms with Gasteiger partial charge in [0.1, 0.15) is 11.1 Å². The number of ether oxygens (including phenoxy) is 2. The molecule has 0 spiro atoms. The Balaban J connectivity index is 1.23. The van der Waals surface area contributed by atoms with Crippen molar-refractivity contribution < 1.29 is 17.9 Å². The van der Waals surface area contributed by atoms with Crippen LogP contribution >= 0.6 is 11.6 Å². The number of benzene rings is 1. The van der Waals surface area contributed by atoms with E-state index in [-0.39, 0.29) is 35.7 Å². The van der Waals surface area contributed by atoms with Crippen molar-refractivity contribution in [3.8, 4) is 0 Å². The van der Waals surface area contributed by atoms with E-state index < -0.39 is 9.84 Å². The molecule has 0 saturated carbocycles. The fourth-order valence-corrected chi connectivity index (χ4v) is 6.28. The van der Waals surface area contributed by atoms with Crippen LogP contribution in [0, 0.1) is 5.92 Å². The lowest BCUT2D eigenvalue weighted by Gasteiger charge is -2.19. The number of fused-ring (bicyclic) bond motifs is 1. The number of hydrogen-bond donors (Lipinski definition) is 2. The lowest BCUT2D eigenvalue weighted by molar-refractivity contribution is 0.0656. The second-order valence-corrected chi connectivity index (χ2v) is 11.1. The minimum absolute atomic E-state index is 0.00661. The molecule has 34 heavy (non-hydrogen) atoms. The molecule has 0 aliphatic carbocycles. The van der Waals surface area contributed by atoms with E-state index in [1.165, 1.54) is 6.20 Å². The quantitative estimate of drug-likeness (QED) is 0.476. The predicted molar refractivity (Wildman–Crippen MR) is 128 cm³/mol. The third-order valence-corrected chi connectivity index (χ3v) is 7.87. The summed E-state index contributed by atoms with van der Waals surface area (Å²) in [6, 6.07) is 8.97. The highest BCUT2D eigenvalue weighted by molar-refractivity contribution is 7.90. The van der Waals surface area contributed by atoms with Gasteiger partial charge in [0, 0.05) is 19.2 Å². The number of rotatable bonds is 8. The molecule has 2 aliphatic rings. The second kappa shape index (κ2) is 9.49. The van der Waals surface area contributed by atoms with E-state index >= 15 is 0 Å². The topological polar surface area (TPSA) is 120 Å². The van der Waals surface area contributed by atoms with Crippen molar-refractivity contribution in [2.24, 2.45) is 13.0 Å². The SMILES string of the molecule is Cn1cc(Nc2ncc(Cl)c(N[C@@H]3COC4C3OC[C@@H]4CS(=O)(=O)Cc3ccccc3)n2)cn1. The molecule has 2 fully saturated rings. The van der Waals surface area contributed by atoms with Crippen LogP contribution in [0.4, 0.5) is 17.5 Å². The number of sulfone groups is 1. The standard InChI is InChI=1S/C22H25ClN6O4S/c1-29-9-16(7-25-29)26-22-24-8-17(23)21(28-22)27-18-11-33-19-15(10-32-20(18)19)13-34(30,31)12-14-5-3-2-4-6-14/h2-9,15,18-20H,10-13H2,1H3,(H2,24,26,27,28)/t15-,18-,19?,20?/m1/s1. The Hall–Kier alpha value is -2.73. The molecule has 2 aromatic heterocycles. The molecule has 1 aromatic carbocycles. The van der Waals surface area contributed by atoms with Gasteiger partial charge in [-0.1, -0.05) is 41.9 Å². The molecule has 180 valence electrons. The van der Waals surface area contributed by atoms with Crippen LogP contribution in [0.5, 0.6) is 0 Å². The first-order valence-electron chi connectivity index (χ1n) is 10.9. The molecule has 4 heterocycles. The van der Waals surface area contributed by atoms with Crippen molar-refractivity contribution in [3.05, 3.63) is 59.5 Å². The van der Waals surface area contributed by atoms with Crippen LogP contribution in [0.25, 0.3) is 0 Å². The first-order valence-corrected chi connectivity index (χ1v) is 13.1. The van der Waals surface area contributed by atoms with Crippen LogP contribution in [-0.4, -0.2) is 65.4 Å². The maximum Gasteiger partial charge on any atom is 0.229 e. The average molecular weight is 505 g/mol. The minimum atomic E-state index is -3.31. The molecule has 4 atom stereocenters. The monoisotopic (exact) mass is 504 g/mol. The Labute approximate surface area is 202 Å². The maximum absolute atomic E-state index is 12.8. The summed E-state index contributed by atoms with van der Waals surface area (Å²) in [5.74, 6) is 0.610. The third-order valence-electron chi connectivity index (χ3n) is 5.88. The highest BCUT2D eigenvalue weighted by atomic mass is 35.5. The number of aryl methyl sites for hydroxylation is 1. The molecule has 2 aliphatic heterocycles. The molecule has 0 radical (unpaired) electrons. The number of halogens is 1. The molecular formula is C22H25ClN6O4S. The van der Waals surface area contributed by atoms with Crippen LogP contribution in [0.2, 0.25) is 5.02 Å². The predicted octanol–water partition coefficient (Wildman–Crippen LogP) is 2.42. The number of hydrogen-bond acceptors (Lipinski definition) is 9. The van der Waals surface area contributed by atoms with Gasteiger partial charge in [-0.3, -0.25) is 4.68 Å². The van der Waals surface area contributed by atoms with E-state index in [0.717, 1.165) is 11.3 Å². The van der Waals surface area contributed by atoms with Crippen LogP contribution in [0.3, 0.4) is 0 Å². The molecule has 12 heteroatoms. The van der Waals surface area contributed by atoms with Crippen LogP contribution in [0.1, 0.15) is 5.56 Å². The third kappa shape index (κ3) is 5.17. The first-order chi connectivity index (χ1) is 16.4. The lowest BCUT2D eigenvalue weighted by Crippen LogP contribution is -2.36. The van der Waals surface area contributed by atoms with E-state index in [2.05, 4.69) is 25.7 Å². The zero-order valence-corrected chi connectivity index (χ0v) is 20.0. The molecule has 2 N–H and O–H groups in total. The molecule has 0 bridgehead atoms. The summed E-state index contributed by atoms with van der Waals surface area (Å²) in [5, 5.41) is 10.8. The largest absolute Gasteiger partial charge is 0.373 e. The fraction of sp³-hybridized carbons (Fsp3) is 0.409. The smallest absolute Gasteiger partial charge is 0.229 e. The molecular weight excluding hydrogens is 480 g/mol. The zero-order valence-electron chi connectivity index (χ0n) is 18.5. The molecule has 2 saturated heterocycles. The van der Waals surface area contributed by atoms with E-state index in [9.17, 15) is 8.42 Å². The van der Waals surface area contributed by atoms with Gasteiger partial charge < -0.3 is 20.1 Å². The molecule has 10 nitrogen and oxygen atoms in total. The van der Waals surface area contributed by atoms with Gasteiger partial charge in [0.15, 0.2) is 15.7 Å². The number of aromatic nitrogens is 4. The number of nitrogens with zero attached hydrogens (tertiary/aromatic N) is 4. The Kier molecular flexibility index (Phi) is 6.43. The number of anilines is 3. The normalized spacial score (nSPS) is 24.2. The van der Waals surface area contributed by atoms with Crippen molar-refractivity contribution in [2.75, 3.05) is 29.6 Å². The van der Waals surface area contributed by atoms with Crippen molar-refractivity contribution in [1.82, 2.24) is 19.7 Å². The maximum atomic E-state index is 12.8. The summed E-state index contributed by atoms with van der Waals surface area (Å²) in [5.41, 5.74) is 1.53. The van der Waals surface area contributed by atoms with Crippen LogP contribution in [0.15, 0.2) is 48.9 Å². The molecule has 0 amide bonds. The van der Waals surface area contributed by atoms with Crippen molar-refractivity contribution >= 4 is 38.9 Å². The van der Waals surface area contributed by atoms with Gasteiger partial charge in [-0.25, -0.2) is 13.4 Å². The van der Waals surface area contributed by atoms with Gasteiger partial charge in [-0.2, -0.15) is 10.1 Å². The van der Waals surface area contributed by atoms with Crippen molar-refractivity contribution in [2.45, 2.75) is 24.0 Å². The summed E-state index contributed by atoms with van der Waals surface area (Å²) < 4.78 is 39.2. The fourth-order valence-electron chi connectivity index (χ4n) is 4.38. The average Bonchev–Trinajstić information content (AvgIpc) is 3.49. The van der Waals surface area contributed by atoms with Gasteiger partial charge in [0.2, 0.25) is 5.95 Å². The molecule has 3 aromatic rings. The van der Waals surface area contributed by atoms with Gasteiger partial charge in [-0.15, -0.1) is 0 Å². The summed E-state index contributed by atoms with van der Waals surface area (Å²) in [7, 11) is -1.49. The summed E-state index contributed by atoms with van der Waals surface area (Å²) in [6.07, 6.45) is 4.38. The van der Waals surface area contributed by atoms with Gasteiger partial charge in [-0.05, 0) is 5.56 Å². The summed E-state index contributed by atoms with van der Waals surface area (Å²) >= 11 is 6.32. The highest BCUT2D eigenvalue weighted by Crippen LogP contribution is 2.34. The Morgan fingerprint density at radius 1 is 1.15 bits per heavy atom. The first kappa shape index (κ1) is 23.0. The second-order valence-electron chi connectivity index (χ2n) is 8.56. The van der Waals surface area contributed by atoms with Crippen molar-refractivity contribution in [1.29, 1.82) is 0 Å². The molecule has 5 rings (SSSR count). The van der Waals surface area contributed by atoms with Crippen LogP contribution < -0.4 is 10.6 Å². The Morgan fingerprint density at radius 2 is 1.94 bits per heavy atom. The van der Waals surface area contributed by atoms with Crippen LogP contribution in [-0.2, 0) is 32.1 Å².